The fourth-order valence-corrected chi connectivity index (χ4v) is 2.69. The average molecular weight is 302 g/mol. The van der Waals surface area contributed by atoms with Gasteiger partial charge in [0.05, 0.1) is 11.1 Å². The van der Waals surface area contributed by atoms with Gasteiger partial charge in [-0.25, -0.2) is 0 Å². The summed E-state index contributed by atoms with van der Waals surface area (Å²) in [6, 6.07) is 6.98. The van der Waals surface area contributed by atoms with Crippen molar-refractivity contribution < 1.29 is 14.4 Å². The lowest BCUT2D eigenvalue weighted by Crippen LogP contribution is -2.34. The van der Waals surface area contributed by atoms with E-state index in [0.29, 0.717) is 24.0 Å². The third kappa shape index (κ3) is 3.53. The van der Waals surface area contributed by atoms with Crippen molar-refractivity contribution in [1.82, 2.24) is 10.2 Å². The van der Waals surface area contributed by atoms with Gasteiger partial charge in [0.1, 0.15) is 0 Å². The van der Waals surface area contributed by atoms with E-state index < -0.39 is 0 Å². The van der Waals surface area contributed by atoms with Crippen LogP contribution in [0, 0.1) is 0 Å². The number of hydrogen-bond acceptors (Lipinski definition) is 3. The molecule has 3 amide bonds. The van der Waals surface area contributed by atoms with Crippen LogP contribution in [0.15, 0.2) is 24.3 Å². The Bertz CT molecular complexity index is 548. The summed E-state index contributed by atoms with van der Waals surface area (Å²) in [7, 11) is 0. The molecule has 1 atom stereocenters. The maximum atomic E-state index is 12.2. The van der Waals surface area contributed by atoms with Crippen LogP contribution in [0.25, 0.3) is 0 Å². The van der Waals surface area contributed by atoms with Gasteiger partial charge in [0.2, 0.25) is 5.91 Å². The van der Waals surface area contributed by atoms with Gasteiger partial charge >= 0.3 is 0 Å². The van der Waals surface area contributed by atoms with Crippen molar-refractivity contribution in [3.05, 3.63) is 35.4 Å². The Labute approximate surface area is 130 Å². The predicted molar refractivity (Wildman–Crippen MR) is 83.6 cm³/mol. The van der Waals surface area contributed by atoms with Gasteiger partial charge < -0.3 is 5.32 Å². The fourth-order valence-electron chi connectivity index (χ4n) is 2.69. The molecule has 0 spiro atoms. The Morgan fingerprint density at radius 3 is 2.32 bits per heavy atom. The first-order valence-electron chi connectivity index (χ1n) is 7.79. The molecule has 118 valence electrons. The van der Waals surface area contributed by atoms with E-state index in [9.17, 15) is 14.4 Å². The molecule has 0 saturated heterocycles. The highest BCUT2D eigenvalue weighted by Gasteiger charge is 2.34. The van der Waals surface area contributed by atoms with Gasteiger partial charge in [-0.2, -0.15) is 0 Å². The second kappa shape index (κ2) is 7.20. The van der Waals surface area contributed by atoms with Gasteiger partial charge in [-0.3, -0.25) is 19.3 Å². The molecule has 1 unspecified atom stereocenters. The second-order valence-electron chi connectivity index (χ2n) is 5.67. The molecule has 5 heteroatoms. The van der Waals surface area contributed by atoms with Gasteiger partial charge in [-0.1, -0.05) is 25.5 Å². The zero-order chi connectivity index (χ0) is 16.1. The van der Waals surface area contributed by atoms with Gasteiger partial charge in [0.25, 0.3) is 11.8 Å². The minimum atomic E-state index is -0.264. The van der Waals surface area contributed by atoms with Crippen LogP contribution in [-0.2, 0) is 4.79 Å². The first-order chi connectivity index (χ1) is 10.5. The highest BCUT2D eigenvalue weighted by molar-refractivity contribution is 6.21. The van der Waals surface area contributed by atoms with E-state index in [-0.39, 0.29) is 30.3 Å². The summed E-state index contributed by atoms with van der Waals surface area (Å²) in [6.45, 7) is 4.33. The average Bonchev–Trinajstić information content (AvgIpc) is 2.73. The third-order valence-corrected chi connectivity index (χ3v) is 3.79. The van der Waals surface area contributed by atoms with E-state index in [1.54, 1.807) is 24.3 Å². The number of fused-ring (bicyclic) bond motifs is 1. The number of amides is 3. The van der Waals surface area contributed by atoms with E-state index in [4.69, 9.17) is 0 Å². The Hall–Kier alpha value is -2.17. The minimum Gasteiger partial charge on any atom is -0.354 e. The molecule has 1 heterocycles. The van der Waals surface area contributed by atoms with Gasteiger partial charge in [0, 0.05) is 19.0 Å². The smallest absolute Gasteiger partial charge is 0.261 e. The highest BCUT2D eigenvalue weighted by Crippen LogP contribution is 2.22. The van der Waals surface area contributed by atoms with Gasteiger partial charge in [0.15, 0.2) is 0 Å². The van der Waals surface area contributed by atoms with Crippen molar-refractivity contribution in [2.45, 2.75) is 45.6 Å². The summed E-state index contributed by atoms with van der Waals surface area (Å²) in [5.74, 6) is -0.557. The van der Waals surface area contributed by atoms with Crippen molar-refractivity contribution in [2.75, 3.05) is 6.54 Å². The van der Waals surface area contributed by atoms with E-state index >= 15 is 0 Å². The molecule has 0 aromatic heterocycles. The van der Waals surface area contributed by atoms with Crippen LogP contribution >= 0.6 is 0 Å². The van der Waals surface area contributed by atoms with Crippen LogP contribution in [0.3, 0.4) is 0 Å². The summed E-state index contributed by atoms with van der Waals surface area (Å²) in [5.41, 5.74) is 0.905. The lowest BCUT2D eigenvalue weighted by molar-refractivity contribution is -0.121. The zero-order valence-electron chi connectivity index (χ0n) is 13.1. The monoisotopic (exact) mass is 302 g/mol. The topological polar surface area (TPSA) is 66.5 Å². The summed E-state index contributed by atoms with van der Waals surface area (Å²) in [4.78, 5) is 37.3. The van der Waals surface area contributed by atoms with E-state index in [1.165, 1.54) is 4.90 Å². The summed E-state index contributed by atoms with van der Waals surface area (Å²) >= 11 is 0. The predicted octanol–water partition coefficient (Wildman–Crippen LogP) is 2.37. The van der Waals surface area contributed by atoms with Crippen LogP contribution < -0.4 is 5.32 Å². The van der Waals surface area contributed by atoms with Gasteiger partial charge in [-0.05, 0) is 31.9 Å². The molecule has 5 nitrogen and oxygen atoms in total. The molecule has 1 aliphatic heterocycles. The standard InChI is InChI=1S/C17H22N2O3/c1-3-7-12(2)18-15(20)10-6-11-19-16(21)13-8-4-5-9-14(13)17(19)22/h4-5,8-9,12H,3,6-7,10-11H2,1-2H3,(H,18,20). The highest BCUT2D eigenvalue weighted by atomic mass is 16.2. The Morgan fingerprint density at radius 2 is 1.77 bits per heavy atom. The Morgan fingerprint density at radius 1 is 1.18 bits per heavy atom. The Kier molecular flexibility index (Phi) is 5.31. The van der Waals surface area contributed by atoms with Crippen LogP contribution in [-0.4, -0.2) is 35.2 Å². The molecular formula is C17H22N2O3. The molecule has 0 fully saturated rings. The second-order valence-corrected chi connectivity index (χ2v) is 5.67. The fraction of sp³-hybridized carbons (Fsp3) is 0.471. The summed E-state index contributed by atoms with van der Waals surface area (Å²) in [6.07, 6.45) is 2.78. The maximum absolute atomic E-state index is 12.2. The molecule has 0 radical (unpaired) electrons. The zero-order valence-corrected chi connectivity index (χ0v) is 13.1. The van der Waals surface area contributed by atoms with Crippen LogP contribution in [0.5, 0.6) is 0 Å². The molecule has 1 aliphatic rings. The largest absolute Gasteiger partial charge is 0.354 e. The third-order valence-electron chi connectivity index (χ3n) is 3.79. The van der Waals surface area contributed by atoms with Crippen molar-refractivity contribution in [3.63, 3.8) is 0 Å². The summed E-state index contributed by atoms with van der Waals surface area (Å²) in [5, 5.41) is 2.92. The lowest BCUT2D eigenvalue weighted by atomic mass is 10.1. The number of carbonyl (C=O) groups excluding carboxylic acids is 3. The van der Waals surface area contributed by atoms with E-state index in [0.717, 1.165) is 12.8 Å². The first-order valence-corrected chi connectivity index (χ1v) is 7.79. The first kappa shape index (κ1) is 16.2. The quantitative estimate of drug-likeness (QED) is 0.786. The van der Waals surface area contributed by atoms with Crippen molar-refractivity contribution >= 4 is 17.7 Å². The van der Waals surface area contributed by atoms with Gasteiger partial charge in [-0.15, -0.1) is 0 Å². The lowest BCUT2D eigenvalue weighted by Gasteiger charge is -2.15. The number of nitrogens with one attached hydrogen (secondary N) is 1. The molecule has 1 aromatic rings. The number of benzene rings is 1. The SMILES string of the molecule is CCCC(C)NC(=O)CCCN1C(=O)c2ccccc2C1=O. The van der Waals surface area contributed by atoms with Crippen molar-refractivity contribution in [3.8, 4) is 0 Å². The maximum Gasteiger partial charge on any atom is 0.261 e. The number of nitrogens with zero attached hydrogens (tertiary/aromatic N) is 1. The molecule has 1 aromatic carbocycles. The molecule has 22 heavy (non-hydrogen) atoms. The molecule has 2 rings (SSSR count). The number of rotatable bonds is 7. The minimum absolute atomic E-state index is 0.0300. The number of imide groups is 1. The molecule has 0 aliphatic carbocycles. The Balaban J connectivity index is 1.83. The molecule has 0 bridgehead atoms. The van der Waals surface area contributed by atoms with Crippen molar-refractivity contribution in [2.24, 2.45) is 0 Å². The molecule has 1 N–H and O–H groups in total. The van der Waals surface area contributed by atoms with Crippen LogP contribution in [0.2, 0.25) is 0 Å². The van der Waals surface area contributed by atoms with E-state index in [1.807, 2.05) is 6.92 Å². The van der Waals surface area contributed by atoms with Crippen molar-refractivity contribution in [1.29, 1.82) is 0 Å². The molecular weight excluding hydrogens is 280 g/mol. The van der Waals surface area contributed by atoms with E-state index in [2.05, 4.69) is 12.2 Å². The molecule has 0 saturated carbocycles. The number of carbonyl (C=O) groups is 3. The number of hydrogen-bond donors (Lipinski definition) is 1. The summed E-state index contributed by atoms with van der Waals surface area (Å²) < 4.78 is 0. The van der Waals surface area contributed by atoms with Crippen LogP contribution in [0.1, 0.15) is 60.2 Å². The normalized spacial score (nSPS) is 14.9. The van der Waals surface area contributed by atoms with Crippen LogP contribution in [0.4, 0.5) is 0 Å².